The van der Waals surface area contributed by atoms with E-state index in [1.54, 1.807) is 12.1 Å². The summed E-state index contributed by atoms with van der Waals surface area (Å²) >= 11 is 0. The Balaban J connectivity index is 2.75. The highest BCUT2D eigenvalue weighted by Gasteiger charge is 2.18. The SMILES string of the molecule is CCc1[nH]c2c(C)cc(F)cc2c1C(CC)NC. The fraction of sp³-hybridized carbons (Fsp3) is 0.467. The van der Waals surface area contributed by atoms with Crippen molar-refractivity contribution in [1.29, 1.82) is 0 Å². The smallest absolute Gasteiger partial charge is 0.124 e. The van der Waals surface area contributed by atoms with Crippen molar-refractivity contribution >= 4 is 10.9 Å². The van der Waals surface area contributed by atoms with Crippen LogP contribution in [0.15, 0.2) is 12.1 Å². The Morgan fingerprint density at radius 2 is 2.06 bits per heavy atom. The van der Waals surface area contributed by atoms with Crippen LogP contribution in [-0.4, -0.2) is 12.0 Å². The lowest BCUT2D eigenvalue weighted by Crippen LogP contribution is -2.16. The topological polar surface area (TPSA) is 27.8 Å². The van der Waals surface area contributed by atoms with Crippen LogP contribution in [0.25, 0.3) is 10.9 Å². The molecule has 0 aliphatic rings. The number of fused-ring (bicyclic) bond motifs is 1. The molecule has 0 radical (unpaired) electrons. The Labute approximate surface area is 108 Å². The normalized spacial score (nSPS) is 13.2. The molecule has 0 saturated carbocycles. The van der Waals surface area contributed by atoms with Crippen LogP contribution in [0.4, 0.5) is 4.39 Å². The maximum atomic E-state index is 13.6. The molecule has 0 fully saturated rings. The number of aryl methyl sites for hydroxylation is 2. The summed E-state index contributed by atoms with van der Waals surface area (Å²) in [5.74, 6) is -0.158. The first kappa shape index (κ1) is 13.1. The van der Waals surface area contributed by atoms with E-state index in [1.807, 2.05) is 14.0 Å². The van der Waals surface area contributed by atoms with E-state index in [-0.39, 0.29) is 11.9 Å². The van der Waals surface area contributed by atoms with Gasteiger partial charge in [0.2, 0.25) is 0 Å². The van der Waals surface area contributed by atoms with E-state index in [2.05, 4.69) is 24.1 Å². The molecule has 0 aliphatic heterocycles. The summed E-state index contributed by atoms with van der Waals surface area (Å²) in [6.07, 6.45) is 1.93. The molecule has 0 spiro atoms. The summed E-state index contributed by atoms with van der Waals surface area (Å²) in [5, 5.41) is 4.34. The highest BCUT2D eigenvalue weighted by atomic mass is 19.1. The molecule has 1 heterocycles. The zero-order valence-electron chi connectivity index (χ0n) is 11.5. The van der Waals surface area contributed by atoms with Crippen LogP contribution in [0.1, 0.15) is 43.1 Å². The van der Waals surface area contributed by atoms with E-state index in [9.17, 15) is 4.39 Å². The lowest BCUT2D eigenvalue weighted by atomic mass is 9.98. The number of hydrogen-bond acceptors (Lipinski definition) is 1. The Kier molecular flexibility index (Phi) is 3.71. The van der Waals surface area contributed by atoms with Crippen molar-refractivity contribution in [3.63, 3.8) is 0 Å². The zero-order chi connectivity index (χ0) is 13.3. The van der Waals surface area contributed by atoms with Gasteiger partial charge in [-0.3, -0.25) is 0 Å². The van der Waals surface area contributed by atoms with E-state index >= 15 is 0 Å². The van der Waals surface area contributed by atoms with E-state index in [1.165, 1.54) is 11.3 Å². The van der Waals surface area contributed by atoms with Crippen molar-refractivity contribution in [2.24, 2.45) is 0 Å². The molecule has 1 aromatic carbocycles. The minimum absolute atomic E-state index is 0.158. The third-order valence-corrected chi connectivity index (χ3v) is 3.65. The van der Waals surface area contributed by atoms with Crippen LogP contribution in [0.5, 0.6) is 0 Å². The highest BCUT2D eigenvalue weighted by molar-refractivity contribution is 5.88. The minimum atomic E-state index is -0.158. The molecule has 18 heavy (non-hydrogen) atoms. The quantitative estimate of drug-likeness (QED) is 0.845. The average Bonchev–Trinajstić information content (AvgIpc) is 2.70. The number of halogens is 1. The van der Waals surface area contributed by atoms with Crippen molar-refractivity contribution < 1.29 is 4.39 Å². The molecule has 1 atom stereocenters. The van der Waals surface area contributed by atoms with Gasteiger partial charge in [0.05, 0.1) is 0 Å². The van der Waals surface area contributed by atoms with E-state index in [0.29, 0.717) is 0 Å². The molecular formula is C15H21FN2. The summed E-state index contributed by atoms with van der Waals surface area (Å²) in [6, 6.07) is 3.50. The van der Waals surface area contributed by atoms with Crippen LogP contribution in [0, 0.1) is 12.7 Å². The molecule has 0 amide bonds. The maximum absolute atomic E-state index is 13.6. The zero-order valence-corrected chi connectivity index (χ0v) is 11.5. The molecule has 1 aromatic heterocycles. The number of hydrogen-bond donors (Lipinski definition) is 2. The molecule has 0 aliphatic carbocycles. The Bertz CT molecular complexity index is 553. The first-order valence-electron chi connectivity index (χ1n) is 6.60. The molecule has 2 N–H and O–H groups in total. The van der Waals surface area contributed by atoms with Crippen LogP contribution in [-0.2, 0) is 6.42 Å². The van der Waals surface area contributed by atoms with Gasteiger partial charge in [-0.1, -0.05) is 13.8 Å². The summed E-state index contributed by atoms with van der Waals surface area (Å²) in [5.41, 5.74) is 4.47. The van der Waals surface area contributed by atoms with Gasteiger partial charge in [0.15, 0.2) is 0 Å². The Hall–Kier alpha value is -1.35. The second-order valence-electron chi connectivity index (χ2n) is 4.77. The van der Waals surface area contributed by atoms with Gasteiger partial charge in [-0.2, -0.15) is 0 Å². The van der Waals surface area contributed by atoms with Crippen molar-refractivity contribution in [2.75, 3.05) is 7.05 Å². The number of nitrogens with one attached hydrogen (secondary N) is 2. The number of rotatable bonds is 4. The fourth-order valence-corrected chi connectivity index (χ4v) is 2.73. The van der Waals surface area contributed by atoms with Crippen LogP contribution in [0.2, 0.25) is 0 Å². The van der Waals surface area contributed by atoms with Crippen LogP contribution in [0.3, 0.4) is 0 Å². The predicted molar refractivity (Wildman–Crippen MR) is 74.5 cm³/mol. The van der Waals surface area contributed by atoms with Gasteiger partial charge in [-0.15, -0.1) is 0 Å². The molecule has 2 rings (SSSR count). The molecular weight excluding hydrogens is 227 g/mol. The maximum Gasteiger partial charge on any atom is 0.124 e. The first-order chi connectivity index (χ1) is 8.62. The second kappa shape index (κ2) is 5.11. The average molecular weight is 248 g/mol. The van der Waals surface area contributed by atoms with Crippen molar-refractivity contribution in [3.05, 3.63) is 34.8 Å². The summed E-state index contributed by atoms with van der Waals surface area (Å²) in [7, 11) is 1.96. The third-order valence-electron chi connectivity index (χ3n) is 3.65. The van der Waals surface area contributed by atoms with Gasteiger partial charge in [0, 0.05) is 22.6 Å². The molecule has 98 valence electrons. The predicted octanol–water partition coefficient (Wildman–Crippen LogP) is 3.85. The van der Waals surface area contributed by atoms with Gasteiger partial charge in [0.1, 0.15) is 5.82 Å². The molecule has 3 heteroatoms. The summed E-state index contributed by atoms with van der Waals surface area (Å²) < 4.78 is 13.6. The lowest BCUT2D eigenvalue weighted by molar-refractivity contribution is 0.575. The number of H-pyrrole nitrogens is 1. The lowest BCUT2D eigenvalue weighted by Gasteiger charge is -2.15. The van der Waals surface area contributed by atoms with Crippen LogP contribution >= 0.6 is 0 Å². The van der Waals surface area contributed by atoms with Crippen molar-refractivity contribution in [3.8, 4) is 0 Å². The van der Waals surface area contributed by atoms with E-state index < -0.39 is 0 Å². The van der Waals surface area contributed by atoms with E-state index in [4.69, 9.17) is 0 Å². The first-order valence-corrected chi connectivity index (χ1v) is 6.60. The monoisotopic (exact) mass is 248 g/mol. The molecule has 2 aromatic rings. The molecule has 2 nitrogen and oxygen atoms in total. The number of aromatic amines is 1. The molecule has 1 unspecified atom stereocenters. The standard InChI is InChI=1S/C15H21FN2/c1-5-12(17-4)14-11-8-10(16)7-9(3)15(11)18-13(14)6-2/h7-8,12,17-18H,5-6H2,1-4H3. The molecule has 0 saturated heterocycles. The second-order valence-corrected chi connectivity index (χ2v) is 4.77. The Morgan fingerprint density at radius 3 is 2.61 bits per heavy atom. The summed E-state index contributed by atoms with van der Waals surface area (Å²) in [6.45, 7) is 6.22. The van der Waals surface area contributed by atoms with Gasteiger partial charge >= 0.3 is 0 Å². The van der Waals surface area contributed by atoms with Crippen molar-refractivity contribution in [2.45, 2.75) is 39.7 Å². The summed E-state index contributed by atoms with van der Waals surface area (Å²) in [4.78, 5) is 3.45. The fourth-order valence-electron chi connectivity index (χ4n) is 2.73. The van der Waals surface area contributed by atoms with Gasteiger partial charge in [-0.25, -0.2) is 4.39 Å². The van der Waals surface area contributed by atoms with Gasteiger partial charge in [0.25, 0.3) is 0 Å². The van der Waals surface area contributed by atoms with Gasteiger partial charge in [-0.05, 0) is 50.1 Å². The van der Waals surface area contributed by atoms with Crippen molar-refractivity contribution in [1.82, 2.24) is 10.3 Å². The third kappa shape index (κ3) is 2.03. The number of benzene rings is 1. The Morgan fingerprint density at radius 1 is 1.33 bits per heavy atom. The van der Waals surface area contributed by atoms with Crippen LogP contribution < -0.4 is 5.32 Å². The van der Waals surface area contributed by atoms with E-state index in [0.717, 1.165) is 29.3 Å². The van der Waals surface area contributed by atoms with Gasteiger partial charge < -0.3 is 10.3 Å². The number of aromatic nitrogens is 1. The highest BCUT2D eigenvalue weighted by Crippen LogP contribution is 2.32. The minimum Gasteiger partial charge on any atom is -0.358 e. The molecule has 0 bridgehead atoms. The largest absolute Gasteiger partial charge is 0.358 e.